The molecule has 0 spiro atoms. The van der Waals surface area contributed by atoms with Crippen molar-refractivity contribution in [1.82, 2.24) is 20.3 Å². The van der Waals surface area contributed by atoms with Crippen molar-refractivity contribution in [3.05, 3.63) is 0 Å². The SMILES string of the molecule is CCN(CCCNC(=NC)NCC(CC)(CC)NC(=O)OC(C)(C)C)S(C)(=O)=O. The molecule has 0 aliphatic rings. The second-order valence-corrected chi connectivity index (χ2v) is 10.1. The summed E-state index contributed by atoms with van der Waals surface area (Å²) in [5.74, 6) is 0.602. The van der Waals surface area contributed by atoms with Crippen LogP contribution in [0.1, 0.15) is 60.8 Å². The van der Waals surface area contributed by atoms with Gasteiger partial charge in [-0.3, -0.25) is 4.99 Å². The number of hydrogen-bond acceptors (Lipinski definition) is 5. The lowest BCUT2D eigenvalue weighted by Gasteiger charge is -2.34. The topological polar surface area (TPSA) is 112 Å². The van der Waals surface area contributed by atoms with Gasteiger partial charge in [0, 0.05) is 33.2 Å². The average molecular weight is 436 g/mol. The number of amides is 1. The standard InChI is InChI=1S/C19H41N5O4S/c1-9-19(10-2,23-17(25)28-18(4,5)6)15-22-16(20-7)21-13-12-14-24(11-3)29(8,26)27/h9-15H2,1-8H3,(H,23,25)(H2,20,21,22). The molecule has 0 aliphatic carbocycles. The predicted octanol–water partition coefficient (Wildman–Crippen LogP) is 1.91. The number of ether oxygens (including phenoxy) is 1. The van der Waals surface area contributed by atoms with Gasteiger partial charge in [-0.05, 0) is 40.0 Å². The fourth-order valence-corrected chi connectivity index (χ4v) is 3.67. The predicted molar refractivity (Wildman–Crippen MR) is 119 cm³/mol. The van der Waals surface area contributed by atoms with Crippen molar-refractivity contribution in [2.24, 2.45) is 4.99 Å². The summed E-state index contributed by atoms with van der Waals surface area (Å²) >= 11 is 0. The van der Waals surface area contributed by atoms with Crippen molar-refractivity contribution in [1.29, 1.82) is 0 Å². The lowest BCUT2D eigenvalue weighted by molar-refractivity contribution is 0.0448. The smallest absolute Gasteiger partial charge is 0.408 e. The minimum absolute atomic E-state index is 0.439. The zero-order valence-electron chi connectivity index (χ0n) is 19.4. The van der Waals surface area contributed by atoms with E-state index in [1.165, 1.54) is 10.6 Å². The normalized spacial score (nSPS) is 13.3. The highest BCUT2D eigenvalue weighted by Crippen LogP contribution is 2.16. The summed E-state index contributed by atoms with van der Waals surface area (Å²) in [6.45, 7) is 13.3. The maximum atomic E-state index is 12.2. The summed E-state index contributed by atoms with van der Waals surface area (Å²) in [5, 5.41) is 9.43. The highest BCUT2D eigenvalue weighted by molar-refractivity contribution is 7.88. The molecule has 10 heteroatoms. The van der Waals surface area contributed by atoms with E-state index in [-0.39, 0.29) is 0 Å². The molecule has 0 aromatic heterocycles. The first-order valence-electron chi connectivity index (χ1n) is 10.2. The summed E-state index contributed by atoms with van der Waals surface area (Å²) in [5.41, 5.74) is -1.02. The molecule has 1 amide bonds. The van der Waals surface area contributed by atoms with Gasteiger partial charge in [-0.2, -0.15) is 0 Å². The number of guanidine groups is 1. The Hall–Kier alpha value is -1.55. The van der Waals surface area contributed by atoms with Gasteiger partial charge in [-0.1, -0.05) is 20.8 Å². The van der Waals surface area contributed by atoms with E-state index in [1.54, 1.807) is 7.05 Å². The van der Waals surface area contributed by atoms with Crippen LogP contribution >= 0.6 is 0 Å². The molecule has 0 radical (unpaired) electrons. The first-order chi connectivity index (χ1) is 13.3. The van der Waals surface area contributed by atoms with E-state index in [0.717, 1.165) is 12.8 Å². The van der Waals surface area contributed by atoms with Crippen LogP contribution in [-0.2, 0) is 14.8 Å². The lowest BCUT2D eigenvalue weighted by atomic mass is 9.93. The lowest BCUT2D eigenvalue weighted by Crippen LogP contribution is -2.57. The summed E-state index contributed by atoms with van der Waals surface area (Å²) in [6, 6.07) is 0. The number of nitrogens with zero attached hydrogens (tertiary/aromatic N) is 2. The molecule has 0 atom stereocenters. The zero-order chi connectivity index (χ0) is 22.7. The fraction of sp³-hybridized carbons (Fsp3) is 0.895. The second kappa shape index (κ2) is 12.2. The van der Waals surface area contributed by atoms with Gasteiger partial charge in [-0.15, -0.1) is 0 Å². The van der Waals surface area contributed by atoms with Crippen LogP contribution in [0.4, 0.5) is 4.79 Å². The van der Waals surface area contributed by atoms with Crippen LogP contribution in [0.2, 0.25) is 0 Å². The molecular weight excluding hydrogens is 394 g/mol. The summed E-state index contributed by atoms with van der Waals surface area (Å²) in [7, 11) is -1.50. The summed E-state index contributed by atoms with van der Waals surface area (Å²) in [4.78, 5) is 16.4. The molecule has 0 saturated carbocycles. The Morgan fingerprint density at radius 2 is 1.69 bits per heavy atom. The van der Waals surface area contributed by atoms with Gasteiger partial charge in [0.25, 0.3) is 0 Å². The zero-order valence-corrected chi connectivity index (χ0v) is 20.2. The maximum absolute atomic E-state index is 12.2. The minimum Gasteiger partial charge on any atom is -0.444 e. The van der Waals surface area contributed by atoms with Crippen LogP contribution < -0.4 is 16.0 Å². The quantitative estimate of drug-likeness (QED) is 0.260. The van der Waals surface area contributed by atoms with Crippen LogP contribution in [0.5, 0.6) is 0 Å². The molecule has 0 unspecified atom stereocenters. The van der Waals surface area contributed by atoms with Crippen LogP contribution in [-0.4, -0.2) is 75.4 Å². The number of carbonyl (C=O) groups is 1. The van der Waals surface area contributed by atoms with Gasteiger partial charge >= 0.3 is 6.09 Å². The van der Waals surface area contributed by atoms with Crippen molar-refractivity contribution in [2.45, 2.75) is 71.9 Å². The van der Waals surface area contributed by atoms with Crippen molar-refractivity contribution < 1.29 is 17.9 Å². The first kappa shape index (κ1) is 27.5. The monoisotopic (exact) mass is 435 g/mol. The van der Waals surface area contributed by atoms with Gasteiger partial charge in [-0.25, -0.2) is 17.5 Å². The molecule has 29 heavy (non-hydrogen) atoms. The molecular formula is C19H41N5O4S. The van der Waals surface area contributed by atoms with E-state index in [1.807, 2.05) is 41.5 Å². The van der Waals surface area contributed by atoms with Crippen molar-refractivity contribution >= 4 is 22.1 Å². The van der Waals surface area contributed by atoms with E-state index in [4.69, 9.17) is 4.74 Å². The average Bonchev–Trinajstić information content (AvgIpc) is 2.60. The molecule has 0 aromatic rings. The van der Waals surface area contributed by atoms with E-state index in [9.17, 15) is 13.2 Å². The van der Waals surface area contributed by atoms with Gasteiger partial charge in [0.2, 0.25) is 10.0 Å². The molecule has 0 bridgehead atoms. The Labute approximate surface area is 177 Å². The number of rotatable bonds is 11. The highest BCUT2D eigenvalue weighted by Gasteiger charge is 2.30. The van der Waals surface area contributed by atoms with Crippen LogP contribution in [0.25, 0.3) is 0 Å². The number of hydrogen-bond donors (Lipinski definition) is 3. The van der Waals surface area contributed by atoms with E-state index in [0.29, 0.717) is 38.6 Å². The van der Waals surface area contributed by atoms with Crippen LogP contribution in [0.3, 0.4) is 0 Å². The molecule has 172 valence electrons. The Balaban J connectivity index is 4.68. The number of carbonyl (C=O) groups excluding carboxylic acids is 1. The number of sulfonamides is 1. The Morgan fingerprint density at radius 1 is 1.10 bits per heavy atom. The van der Waals surface area contributed by atoms with E-state index < -0.39 is 27.3 Å². The largest absolute Gasteiger partial charge is 0.444 e. The van der Waals surface area contributed by atoms with Crippen molar-refractivity contribution in [3.63, 3.8) is 0 Å². The van der Waals surface area contributed by atoms with Gasteiger partial charge in [0.15, 0.2) is 5.96 Å². The molecule has 0 heterocycles. The third-order valence-corrected chi connectivity index (χ3v) is 6.01. The van der Waals surface area contributed by atoms with Crippen molar-refractivity contribution in [3.8, 4) is 0 Å². The summed E-state index contributed by atoms with van der Waals surface area (Å²) in [6.07, 6.45) is 2.90. The Bertz CT molecular complexity index is 625. The molecule has 0 rings (SSSR count). The molecule has 0 aliphatic heterocycles. The van der Waals surface area contributed by atoms with Gasteiger partial charge in [0.1, 0.15) is 5.60 Å². The van der Waals surface area contributed by atoms with Gasteiger partial charge < -0.3 is 20.7 Å². The molecule has 0 saturated heterocycles. The highest BCUT2D eigenvalue weighted by atomic mass is 32.2. The minimum atomic E-state index is -3.17. The maximum Gasteiger partial charge on any atom is 0.408 e. The van der Waals surface area contributed by atoms with Crippen molar-refractivity contribution in [2.75, 3.05) is 39.5 Å². The first-order valence-corrected chi connectivity index (χ1v) is 12.1. The fourth-order valence-electron chi connectivity index (χ4n) is 2.74. The number of alkyl carbamates (subject to hydrolysis) is 1. The van der Waals surface area contributed by atoms with E-state index >= 15 is 0 Å². The second-order valence-electron chi connectivity index (χ2n) is 8.08. The van der Waals surface area contributed by atoms with Crippen LogP contribution in [0.15, 0.2) is 4.99 Å². The summed E-state index contributed by atoms with van der Waals surface area (Å²) < 4.78 is 30.1. The number of aliphatic imine (C=N–C) groups is 1. The van der Waals surface area contributed by atoms with E-state index in [2.05, 4.69) is 20.9 Å². The van der Waals surface area contributed by atoms with Crippen LogP contribution in [0, 0.1) is 0 Å². The molecule has 0 fully saturated rings. The number of nitrogens with one attached hydrogen (secondary N) is 3. The molecule has 9 nitrogen and oxygen atoms in total. The third kappa shape index (κ3) is 11.3. The molecule has 3 N–H and O–H groups in total. The Morgan fingerprint density at radius 3 is 2.10 bits per heavy atom. The third-order valence-electron chi connectivity index (χ3n) is 4.64. The molecule has 0 aromatic carbocycles. The van der Waals surface area contributed by atoms with Gasteiger partial charge in [0.05, 0.1) is 11.8 Å². The Kier molecular flexibility index (Phi) is 11.6.